The predicted molar refractivity (Wildman–Crippen MR) is 98.8 cm³/mol. The summed E-state index contributed by atoms with van der Waals surface area (Å²) in [6, 6.07) is 1.50. The molecule has 9 heteroatoms. The second-order valence-corrected chi connectivity index (χ2v) is 6.32. The number of nitrogens with zero attached hydrogens (tertiary/aromatic N) is 5. The van der Waals surface area contributed by atoms with Crippen molar-refractivity contribution in [3.05, 3.63) is 47.7 Å². The van der Waals surface area contributed by atoms with Gasteiger partial charge in [0.25, 0.3) is 11.1 Å². The minimum atomic E-state index is -0.546. The molecule has 3 aromatic heterocycles. The van der Waals surface area contributed by atoms with E-state index in [9.17, 15) is 19.2 Å². The fourth-order valence-corrected chi connectivity index (χ4v) is 3.15. The first kappa shape index (κ1) is 17.8. The highest BCUT2D eigenvalue weighted by Gasteiger charge is 2.18. The maximum absolute atomic E-state index is 12.6. The predicted octanol–water partition coefficient (Wildman–Crippen LogP) is -0.0712. The van der Waals surface area contributed by atoms with Crippen LogP contribution in [-0.4, -0.2) is 23.3 Å². The van der Waals surface area contributed by atoms with Crippen molar-refractivity contribution in [3.63, 3.8) is 0 Å². The van der Waals surface area contributed by atoms with E-state index in [2.05, 4.69) is 4.98 Å². The zero-order chi connectivity index (χ0) is 19.2. The molecule has 0 saturated carbocycles. The smallest absolute Gasteiger partial charge is 0.292 e. The minimum Gasteiger partial charge on any atom is -0.292 e. The van der Waals surface area contributed by atoms with Crippen LogP contribution >= 0.6 is 0 Å². The van der Waals surface area contributed by atoms with Gasteiger partial charge in [0, 0.05) is 27.2 Å². The Kier molecular flexibility index (Phi) is 4.39. The van der Waals surface area contributed by atoms with Gasteiger partial charge in [-0.05, 0) is 18.9 Å². The van der Waals surface area contributed by atoms with Gasteiger partial charge in [0.05, 0.1) is 10.9 Å². The van der Waals surface area contributed by atoms with Crippen molar-refractivity contribution in [3.8, 4) is 0 Å². The van der Waals surface area contributed by atoms with Gasteiger partial charge in [0.2, 0.25) is 0 Å². The van der Waals surface area contributed by atoms with Gasteiger partial charge in [-0.15, -0.1) is 0 Å². The van der Waals surface area contributed by atoms with E-state index in [1.54, 1.807) is 0 Å². The molecule has 0 radical (unpaired) electrons. The molecule has 0 fully saturated rings. The number of aromatic nitrogens is 5. The molecule has 0 spiro atoms. The zero-order valence-electron chi connectivity index (χ0n) is 15.3. The summed E-state index contributed by atoms with van der Waals surface area (Å²) < 4.78 is 4.86. The molecule has 0 aromatic carbocycles. The van der Waals surface area contributed by atoms with Crippen LogP contribution in [0.2, 0.25) is 0 Å². The van der Waals surface area contributed by atoms with Gasteiger partial charge >= 0.3 is 11.4 Å². The summed E-state index contributed by atoms with van der Waals surface area (Å²) >= 11 is 0. The summed E-state index contributed by atoms with van der Waals surface area (Å²) in [4.78, 5) is 54.4. The highest BCUT2D eigenvalue weighted by molar-refractivity contribution is 5.88. The lowest BCUT2D eigenvalue weighted by atomic mass is 10.2. The van der Waals surface area contributed by atoms with Crippen LogP contribution < -0.4 is 22.5 Å². The van der Waals surface area contributed by atoms with Crippen molar-refractivity contribution < 1.29 is 0 Å². The first-order chi connectivity index (χ1) is 12.3. The summed E-state index contributed by atoms with van der Waals surface area (Å²) in [6.45, 7) is 4.58. The minimum absolute atomic E-state index is 0.0746. The molecule has 9 nitrogen and oxygen atoms in total. The van der Waals surface area contributed by atoms with Crippen molar-refractivity contribution in [2.75, 3.05) is 0 Å². The maximum atomic E-state index is 12.6. The van der Waals surface area contributed by atoms with Crippen LogP contribution in [0.4, 0.5) is 0 Å². The second-order valence-electron chi connectivity index (χ2n) is 6.32. The zero-order valence-corrected chi connectivity index (χ0v) is 15.3. The van der Waals surface area contributed by atoms with Crippen LogP contribution in [0, 0.1) is 0 Å². The molecule has 0 aliphatic carbocycles. The Morgan fingerprint density at radius 2 is 1.38 bits per heavy atom. The Hall–Kier alpha value is -2.97. The molecule has 0 saturated heterocycles. The highest BCUT2D eigenvalue weighted by atomic mass is 16.2. The number of hydrogen-bond donors (Lipinski definition) is 0. The third-order valence-electron chi connectivity index (χ3n) is 4.50. The van der Waals surface area contributed by atoms with Crippen LogP contribution in [0.3, 0.4) is 0 Å². The molecular weight excluding hydrogens is 338 g/mol. The quantitative estimate of drug-likeness (QED) is 0.607. The highest BCUT2D eigenvalue weighted by Crippen LogP contribution is 2.13. The molecule has 0 aliphatic rings. The van der Waals surface area contributed by atoms with Gasteiger partial charge in [-0.25, -0.2) is 14.6 Å². The summed E-state index contributed by atoms with van der Waals surface area (Å²) in [5.74, 6) is 0. The third kappa shape index (κ3) is 2.42. The maximum Gasteiger partial charge on any atom is 0.332 e. The molecule has 3 heterocycles. The lowest BCUT2D eigenvalue weighted by Gasteiger charge is -2.14. The van der Waals surface area contributed by atoms with Crippen molar-refractivity contribution in [1.29, 1.82) is 0 Å². The van der Waals surface area contributed by atoms with Gasteiger partial charge in [0.1, 0.15) is 0 Å². The standard InChI is InChI=1S/C17H21N5O4/c1-5-7-21-11-9-10-13(18-12(11)15(24)20(4)16(21)25)22(8-6-2)17(26)19(3)14(10)23/h9H,5-8H2,1-4H3. The van der Waals surface area contributed by atoms with E-state index in [4.69, 9.17) is 0 Å². The van der Waals surface area contributed by atoms with Gasteiger partial charge < -0.3 is 0 Å². The Labute approximate surface area is 147 Å². The summed E-state index contributed by atoms with van der Waals surface area (Å²) in [5, 5.41) is 0.213. The third-order valence-corrected chi connectivity index (χ3v) is 4.50. The summed E-state index contributed by atoms with van der Waals surface area (Å²) in [5.41, 5.74) is -1.42. The van der Waals surface area contributed by atoms with E-state index in [0.29, 0.717) is 31.4 Å². The second kappa shape index (κ2) is 6.40. The Morgan fingerprint density at radius 3 is 2.00 bits per heavy atom. The van der Waals surface area contributed by atoms with Gasteiger partial charge in [0.15, 0.2) is 11.2 Å². The molecule has 0 amide bonds. The Morgan fingerprint density at radius 1 is 0.846 bits per heavy atom. The summed E-state index contributed by atoms with van der Waals surface area (Å²) in [7, 11) is 2.80. The van der Waals surface area contributed by atoms with Crippen LogP contribution in [0.15, 0.2) is 25.2 Å². The van der Waals surface area contributed by atoms with E-state index < -0.39 is 22.5 Å². The fraction of sp³-hybridized carbons (Fsp3) is 0.471. The molecule has 0 bridgehead atoms. The first-order valence-corrected chi connectivity index (χ1v) is 8.57. The van der Waals surface area contributed by atoms with Crippen LogP contribution in [0.5, 0.6) is 0 Å². The molecular formula is C17H21N5O4. The number of hydrogen-bond acceptors (Lipinski definition) is 5. The fourth-order valence-electron chi connectivity index (χ4n) is 3.15. The van der Waals surface area contributed by atoms with Crippen LogP contribution in [0.25, 0.3) is 22.1 Å². The van der Waals surface area contributed by atoms with Gasteiger partial charge in [-0.3, -0.25) is 27.9 Å². The number of fused-ring (bicyclic) bond motifs is 2. The topological polar surface area (TPSA) is 101 Å². The van der Waals surface area contributed by atoms with E-state index in [1.165, 1.54) is 29.3 Å². The van der Waals surface area contributed by atoms with E-state index in [1.807, 2.05) is 13.8 Å². The monoisotopic (exact) mass is 359 g/mol. The lowest BCUT2D eigenvalue weighted by molar-refractivity contribution is 0.605. The van der Waals surface area contributed by atoms with Crippen LogP contribution in [0.1, 0.15) is 26.7 Å². The number of pyridine rings is 1. The molecule has 0 unspecified atom stereocenters. The molecule has 3 rings (SSSR count). The Balaban J connectivity index is 2.65. The van der Waals surface area contributed by atoms with Crippen molar-refractivity contribution in [2.24, 2.45) is 14.1 Å². The van der Waals surface area contributed by atoms with E-state index in [-0.39, 0.29) is 16.6 Å². The largest absolute Gasteiger partial charge is 0.332 e. The molecule has 138 valence electrons. The molecule has 0 atom stereocenters. The first-order valence-electron chi connectivity index (χ1n) is 8.57. The lowest BCUT2D eigenvalue weighted by Crippen LogP contribution is -2.40. The molecule has 0 N–H and O–H groups in total. The number of rotatable bonds is 4. The summed E-state index contributed by atoms with van der Waals surface area (Å²) in [6.07, 6.45) is 1.35. The average Bonchev–Trinajstić information content (AvgIpc) is 2.64. The normalized spacial score (nSPS) is 11.5. The van der Waals surface area contributed by atoms with Crippen LogP contribution in [-0.2, 0) is 27.2 Å². The van der Waals surface area contributed by atoms with Crippen molar-refractivity contribution >= 4 is 22.1 Å². The van der Waals surface area contributed by atoms with Gasteiger partial charge in [-0.1, -0.05) is 13.8 Å². The van der Waals surface area contributed by atoms with E-state index >= 15 is 0 Å². The Bertz CT molecular complexity index is 1160. The molecule has 0 aliphatic heterocycles. The van der Waals surface area contributed by atoms with E-state index in [0.717, 1.165) is 9.13 Å². The molecule has 3 aromatic rings. The number of aryl methyl sites for hydroxylation is 2. The SMILES string of the molecule is CCCn1c(=O)n(C)c(=O)c2nc3c(cc21)c(=O)n(C)c(=O)n3CCC. The van der Waals surface area contributed by atoms with Crippen molar-refractivity contribution in [1.82, 2.24) is 23.3 Å². The van der Waals surface area contributed by atoms with Gasteiger partial charge in [-0.2, -0.15) is 0 Å². The van der Waals surface area contributed by atoms with Crippen molar-refractivity contribution in [2.45, 2.75) is 39.8 Å². The molecule has 26 heavy (non-hydrogen) atoms. The average molecular weight is 359 g/mol.